The Balaban J connectivity index is 3.66. The van der Waals surface area contributed by atoms with Gasteiger partial charge in [-0.25, -0.2) is 0 Å². The molecule has 0 amide bonds. The Morgan fingerprint density at radius 1 is 0.561 bits per heavy atom. The van der Waals surface area contributed by atoms with E-state index in [9.17, 15) is 74.6 Å². The molecule has 1 unspecified atom stereocenters. The molecule has 41 heavy (non-hydrogen) atoms. The highest BCUT2D eigenvalue weighted by atomic mass is 19.4. The zero-order valence-electron chi connectivity index (χ0n) is 21.3. The van der Waals surface area contributed by atoms with Crippen LogP contribution in [0, 0.1) is 0 Å². The fourth-order valence-corrected chi connectivity index (χ4v) is 3.27. The van der Waals surface area contributed by atoms with Crippen molar-refractivity contribution >= 4 is 0 Å². The SMILES string of the molecule is COC(C)(CC(F)(F)C(F)(F)C(F)(F)C(F)(F)C(F)(F)C(F)(F)C(F)(F)C(F)(F)F)c1cccc(OC(C)(C)C)c1. The van der Waals surface area contributed by atoms with E-state index in [1.54, 1.807) is 0 Å². The Hall–Kier alpha value is -2.21. The molecule has 1 atom stereocenters. The zero-order chi connectivity index (χ0) is 33.1. The molecule has 2 nitrogen and oxygen atoms in total. The van der Waals surface area contributed by atoms with Crippen molar-refractivity contribution in [1.29, 1.82) is 0 Å². The summed E-state index contributed by atoms with van der Waals surface area (Å²) in [6.07, 6.45) is -10.6. The largest absolute Gasteiger partial charge is 0.488 e. The van der Waals surface area contributed by atoms with Gasteiger partial charge in [0.05, 0.1) is 12.0 Å². The molecule has 240 valence electrons. The normalized spacial score (nSPS) is 16.9. The summed E-state index contributed by atoms with van der Waals surface area (Å²) < 4.78 is 241. The van der Waals surface area contributed by atoms with Crippen LogP contribution in [0.4, 0.5) is 74.6 Å². The lowest BCUT2D eigenvalue weighted by molar-refractivity contribution is -0.462. The Labute approximate surface area is 220 Å². The Morgan fingerprint density at radius 3 is 1.32 bits per heavy atom. The van der Waals surface area contributed by atoms with Crippen LogP contribution in [0.2, 0.25) is 0 Å². The molecular weight excluding hydrogens is 619 g/mol. The third-order valence-electron chi connectivity index (χ3n) is 5.67. The molecule has 0 spiro atoms. The van der Waals surface area contributed by atoms with E-state index in [1.807, 2.05) is 0 Å². The molecule has 0 aromatic heterocycles. The second-order valence-corrected chi connectivity index (χ2v) is 10.0. The monoisotopic (exact) mass is 640 g/mol. The predicted molar refractivity (Wildman–Crippen MR) is 106 cm³/mol. The number of hydrogen-bond donors (Lipinski definition) is 0. The summed E-state index contributed by atoms with van der Waals surface area (Å²) in [7, 11) is 0.534. The second-order valence-electron chi connectivity index (χ2n) is 10.0. The van der Waals surface area contributed by atoms with E-state index in [0.29, 0.717) is 14.0 Å². The maximum absolute atomic E-state index is 14.6. The minimum atomic E-state index is -8.68. The van der Waals surface area contributed by atoms with Crippen LogP contribution in [0.25, 0.3) is 0 Å². The quantitative estimate of drug-likeness (QED) is 0.225. The molecule has 0 bridgehead atoms. The Kier molecular flexibility index (Phi) is 9.17. The summed E-state index contributed by atoms with van der Waals surface area (Å²) >= 11 is 0. The molecular formula is C22H21F17O2. The van der Waals surface area contributed by atoms with Gasteiger partial charge >= 0.3 is 47.6 Å². The lowest BCUT2D eigenvalue weighted by Crippen LogP contribution is -2.74. The average Bonchev–Trinajstić information content (AvgIpc) is 2.76. The topological polar surface area (TPSA) is 18.5 Å². The van der Waals surface area contributed by atoms with Crippen LogP contribution < -0.4 is 4.74 Å². The van der Waals surface area contributed by atoms with Crippen molar-refractivity contribution in [3.05, 3.63) is 29.8 Å². The van der Waals surface area contributed by atoms with Crippen molar-refractivity contribution in [3.8, 4) is 5.75 Å². The van der Waals surface area contributed by atoms with Crippen molar-refractivity contribution < 1.29 is 84.1 Å². The Morgan fingerprint density at radius 2 is 0.951 bits per heavy atom. The number of ether oxygens (including phenoxy) is 2. The number of methoxy groups -OCH3 is 1. The molecule has 0 saturated heterocycles. The fraction of sp³-hybridized carbons (Fsp3) is 0.727. The van der Waals surface area contributed by atoms with Crippen LogP contribution in [0.5, 0.6) is 5.75 Å². The van der Waals surface area contributed by atoms with Gasteiger partial charge in [0.1, 0.15) is 11.4 Å². The molecule has 0 saturated carbocycles. The van der Waals surface area contributed by atoms with Crippen molar-refractivity contribution in [2.24, 2.45) is 0 Å². The van der Waals surface area contributed by atoms with Gasteiger partial charge in [0.25, 0.3) is 0 Å². The first-order valence-corrected chi connectivity index (χ1v) is 10.8. The molecule has 0 fully saturated rings. The first-order valence-electron chi connectivity index (χ1n) is 10.8. The van der Waals surface area contributed by atoms with Crippen LogP contribution in [0.3, 0.4) is 0 Å². The molecule has 1 aromatic carbocycles. The van der Waals surface area contributed by atoms with Gasteiger partial charge in [0.2, 0.25) is 0 Å². The van der Waals surface area contributed by atoms with Gasteiger partial charge in [-0.1, -0.05) is 12.1 Å². The maximum atomic E-state index is 14.6. The lowest BCUT2D eigenvalue weighted by atomic mass is 9.83. The number of benzene rings is 1. The van der Waals surface area contributed by atoms with Crippen LogP contribution in [0.15, 0.2) is 24.3 Å². The van der Waals surface area contributed by atoms with Crippen LogP contribution in [-0.4, -0.2) is 60.3 Å². The van der Waals surface area contributed by atoms with Gasteiger partial charge in [-0.15, -0.1) is 0 Å². The number of halogens is 17. The number of hydrogen-bond acceptors (Lipinski definition) is 2. The highest BCUT2D eigenvalue weighted by Crippen LogP contribution is 2.64. The summed E-state index contributed by atoms with van der Waals surface area (Å²) in [4.78, 5) is 0. The van der Waals surface area contributed by atoms with Gasteiger partial charge in [-0.3, -0.25) is 0 Å². The fourth-order valence-electron chi connectivity index (χ4n) is 3.27. The summed E-state index contributed by atoms with van der Waals surface area (Å²) in [5.74, 6) is -57.0. The van der Waals surface area contributed by atoms with E-state index in [2.05, 4.69) is 4.74 Å². The molecule has 19 heteroatoms. The minimum Gasteiger partial charge on any atom is -0.488 e. The van der Waals surface area contributed by atoms with Crippen molar-refractivity contribution in [2.75, 3.05) is 7.11 Å². The number of rotatable bonds is 11. The van der Waals surface area contributed by atoms with Crippen LogP contribution in [-0.2, 0) is 10.3 Å². The van der Waals surface area contributed by atoms with Gasteiger partial charge in [0.15, 0.2) is 0 Å². The molecule has 0 aliphatic rings. The van der Waals surface area contributed by atoms with E-state index in [4.69, 9.17) is 4.74 Å². The Bertz CT molecular complexity index is 1070. The molecule has 0 aliphatic heterocycles. The molecule has 0 N–H and O–H groups in total. The van der Waals surface area contributed by atoms with Crippen LogP contribution >= 0.6 is 0 Å². The van der Waals surface area contributed by atoms with Crippen molar-refractivity contribution in [1.82, 2.24) is 0 Å². The standard InChI is InChI=1S/C22H21F17O2/c1-13(2,3)41-12-8-6-7-11(9-12)14(4,40-5)10-15(23,24)16(25,26)17(27,28)18(29,30)19(31,32)20(33,34)21(35,36)22(37,38)39/h6-9H,10H2,1-5H3. The third-order valence-corrected chi connectivity index (χ3v) is 5.67. The molecule has 1 rings (SSSR count). The molecule has 0 radical (unpaired) electrons. The summed E-state index contributed by atoms with van der Waals surface area (Å²) in [6, 6.07) is 3.97. The van der Waals surface area contributed by atoms with Gasteiger partial charge < -0.3 is 9.47 Å². The van der Waals surface area contributed by atoms with Gasteiger partial charge in [0, 0.05) is 7.11 Å². The highest BCUT2D eigenvalue weighted by molar-refractivity contribution is 5.33. The molecule has 0 aliphatic carbocycles. The predicted octanol–water partition coefficient (Wildman–Crippen LogP) is 9.12. The average molecular weight is 640 g/mol. The van der Waals surface area contributed by atoms with E-state index in [1.165, 1.54) is 26.8 Å². The van der Waals surface area contributed by atoms with Crippen molar-refractivity contribution in [3.63, 3.8) is 0 Å². The smallest absolute Gasteiger partial charge is 0.460 e. The summed E-state index contributed by atoms with van der Waals surface area (Å²) in [6.45, 7) is 5.00. The van der Waals surface area contributed by atoms with E-state index >= 15 is 0 Å². The van der Waals surface area contributed by atoms with Gasteiger partial charge in [-0.2, -0.15) is 74.6 Å². The first kappa shape index (κ1) is 36.8. The third kappa shape index (κ3) is 5.87. The maximum Gasteiger partial charge on any atom is 0.460 e. The van der Waals surface area contributed by atoms with E-state index in [0.717, 1.165) is 18.2 Å². The summed E-state index contributed by atoms with van der Waals surface area (Å²) in [5, 5.41) is 0. The van der Waals surface area contributed by atoms with Gasteiger partial charge in [-0.05, 0) is 45.4 Å². The van der Waals surface area contributed by atoms with Crippen LogP contribution in [0.1, 0.15) is 39.7 Å². The molecule has 1 aromatic rings. The zero-order valence-corrected chi connectivity index (χ0v) is 21.3. The minimum absolute atomic E-state index is 0.155. The van der Waals surface area contributed by atoms with Crippen molar-refractivity contribution in [2.45, 2.75) is 93.0 Å². The van der Waals surface area contributed by atoms with E-state index < -0.39 is 70.8 Å². The number of alkyl halides is 17. The lowest BCUT2D eigenvalue weighted by Gasteiger charge is -2.44. The highest BCUT2D eigenvalue weighted by Gasteiger charge is 2.95. The van der Waals surface area contributed by atoms with E-state index in [-0.39, 0.29) is 5.75 Å². The summed E-state index contributed by atoms with van der Waals surface area (Å²) in [5.41, 5.74) is -4.40. The molecule has 0 heterocycles. The second kappa shape index (κ2) is 10.2. The first-order chi connectivity index (χ1) is 17.7.